The van der Waals surface area contributed by atoms with E-state index in [1.165, 1.54) is 12.1 Å². The van der Waals surface area contributed by atoms with Gasteiger partial charge in [-0.05, 0) is 42.9 Å². The first-order valence-electron chi connectivity index (χ1n) is 8.14. The predicted molar refractivity (Wildman–Crippen MR) is 78.2 cm³/mol. The Hall–Kier alpha value is -1.76. The number of ether oxygens (including phenoxy) is 2. The monoisotopic (exact) mass is 341 g/mol. The number of halogens is 3. The van der Waals surface area contributed by atoms with Crippen molar-refractivity contribution in [3.05, 3.63) is 29.8 Å². The molecule has 2 aliphatic carbocycles. The first-order chi connectivity index (χ1) is 11.4. The normalized spacial score (nSPS) is 31.9. The summed E-state index contributed by atoms with van der Waals surface area (Å²) in [6.45, 7) is 1.56. The number of amides is 1. The van der Waals surface area contributed by atoms with Gasteiger partial charge in [-0.3, -0.25) is 4.79 Å². The molecule has 0 bridgehead atoms. The summed E-state index contributed by atoms with van der Waals surface area (Å²) in [6, 6.07) is 5.65. The highest BCUT2D eigenvalue weighted by Crippen LogP contribution is 2.76. The molecule has 24 heavy (non-hydrogen) atoms. The molecule has 1 aromatic carbocycles. The second kappa shape index (κ2) is 5.37. The van der Waals surface area contributed by atoms with Gasteiger partial charge in [-0.15, -0.1) is 13.2 Å². The Kier molecular flexibility index (Phi) is 3.53. The van der Waals surface area contributed by atoms with E-state index >= 15 is 0 Å². The van der Waals surface area contributed by atoms with E-state index in [0.29, 0.717) is 32.1 Å². The minimum absolute atomic E-state index is 0.123. The quantitative estimate of drug-likeness (QED) is 0.847. The molecule has 1 aliphatic heterocycles. The van der Waals surface area contributed by atoms with Gasteiger partial charge < -0.3 is 14.4 Å². The zero-order valence-corrected chi connectivity index (χ0v) is 13.0. The standard InChI is InChI=1S/C17H18F3NO3/c18-17(19,20)24-13-3-1-11(2-4-13)14-5-7-23-8-6-21(14)15(22)16-9-12(16)10-16/h1-4,12,14H,5-10H2. The molecule has 4 nitrogen and oxygen atoms in total. The van der Waals surface area contributed by atoms with Gasteiger partial charge in [0, 0.05) is 13.2 Å². The Morgan fingerprint density at radius 1 is 1.21 bits per heavy atom. The van der Waals surface area contributed by atoms with E-state index in [9.17, 15) is 18.0 Å². The number of alkyl halides is 3. The minimum Gasteiger partial charge on any atom is -0.406 e. The lowest BCUT2D eigenvalue weighted by atomic mass is 10.0. The van der Waals surface area contributed by atoms with Crippen LogP contribution in [-0.4, -0.2) is 36.9 Å². The molecule has 1 unspecified atom stereocenters. The molecule has 130 valence electrons. The van der Waals surface area contributed by atoms with Gasteiger partial charge in [0.2, 0.25) is 5.91 Å². The van der Waals surface area contributed by atoms with Gasteiger partial charge in [0.15, 0.2) is 0 Å². The molecule has 1 heterocycles. The summed E-state index contributed by atoms with van der Waals surface area (Å²) in [5.41, 5.74) is 0.694. The largest absolute Gasteiger partial charge is 0.573 e. The van der Waals surface area contributed by atoms with Crippen LogP contribution in [-0.2, 0) is 9.53 Å². The molecule has 7 heteroatoms. The van der Waals surface area contributed by atoms with Crippen molar-refractivity contribution >= 4 is 5.91 Å². The maximum Gasteiger partial charge on any atom is 0.573 e. The Morgan fingerprint density at radius 2 is 1.88 bits per heavy atom. The van der Waals surface area contributed by atoms with Crippen LogP contribution in [0.4, 0.5) is 13.2 Å². The zero-order valence-electron chi connectivity index (χ0n) is 13.0. The molecule has 0 N–H and O–H groups in total. The van der Waals surface area contributed by atoms with Crippen molar-refractivity contribution in [3.63, 3.8) is 0 Å². The SMILES string of the molecule is O=C(N1CCOCCC1c1ccc(OC(F)(F)F)cc1)C12CC1C2. The van der Waals surface area contributed by atoms with Crippen molar-refractivity contribution in [2.24, 2.45) is 11.3 Å². The third-order valence-corrected chi connectivity index (χ3v) is 5.26. The van der Waals surface area contributed by atoms with Crippen LogP contribution in [0.3, 0.4) is 0 Å². The molecule has 0 aromatic heterocycles. The van der Waals surface area contributed by atoms with E-state index in [0.717, 1.165) is 18.4 Å². The Bertz CT molecular complexity index is 637. The molecule has 1 saturated heterocycles. The van der Waals surface area contributed by atoms with Gasteiger partial charge >= 0.3 is 6.36 Å². The van der Waals surface area contributed by atoms with Crippen LogP contribution in [0.1, 0.15) is 30.9 Å². The maximum atomic E-state index is 12.8. The van der Waals surface area contributed by atoms with Gasteiger partial charge in [-0.2, -0.15) is 0 Å². The van der Waals surface area contributed by atoms with Gasteiger partial charge in [0.25, 0.3) is 0 Å². The van der Waals surface area contributed by atoms with Crippen LogP contribution in [0.25, 0.3) is 0 Å². The van der Waals surface area contributed by atoms with Crippen LogP contribution in [0, 0.1) is 11.3 Å². The third-order valence-electron chi connectivity index (χ3n) is 5.26. The van der Waals surface area contributed by atoms with Crippen molar-refractivity contribution in [2.45, 2.75) is 31.7 Å². The van der Waals surface area contributed by atoms with Crippen LogP contribution < -0.4 is 4.74 Å². The van der Waals surface area contributed by atoms with Crippen molar-refractivity contribution < 1.29 is 27.4 Å². The van der Waals surface area contributed by atoms with Gasteiger partial charge in [0.05, 0.1) is 18.1 Å². The average Bonchev–Trinajstić information content (AvgIpc) is 3.36. The molecule has 0 spiro atoms. The van der Waals surface area contributed by atoms with E-state index < -0.39 is 6.36 Å². The lowest BCUT2D eigenvalue weighted by molar-refractivity contribution is -0.274. The van der Waals surface area contributed by atoms with Crippen molar-refractivity contribution in [1.82, 2.24) is 4.90 Å². The molecule has 1 atom stereocenters. The van der Waals surface area contributed by atoms with E-state index in [1.807, 2.05) is 4.90 Å². The molecule has 4 rings (SSSR count). The zero-order chi connectivity index (χ0) is 16.9. The lowest BCUT2D eigenvalue weighted by Gasteiger charge is -2.31. The second-order valence-corrected chi connectivity index (χ2v) is 6.79. The smallest absolute Gasteiger partial charge is 0.406 e. The van der Waals surface area contributed by atoms with Gasteiger partial charge in [0.1, 0.15) is 5.75 Å². The molecular weight excluding hydrogens is 323 g/mol. The summed E-state index contributed by atoms with van der Waals surface area (Å²) in [4.78, 5) is 14.7. The number of rotatable bonds is 3. The van der Waals surface area contributed by atoms with Crippen LogP contribution in [0.15, 0.2) is 24.3 Å². The predicted octanol–water partition coefficient (Wildman–Crippen LogP) is 3.29. The molecule has 0 radical (unpaired) electrons. The highest BCUT2D eigenvalue weighted by molar-refractivity contribution is 5.90. The first kappa shape index (κ1) is 15.7. The van der Waals surface area contributed by atoms with Gasteiger partial charge in [-0.25, -0.2) is 0 Å². The number of carbonyl (C=O) groups excluding carboxylic acids is 1. The molecule has 3 aliphatic rings. The number of benzene rings is 1. The van der Waals surface area contributed by atoms with E-state index in [4.69, 9.17) is 4.74 Å². The Balaban J connectivity index is 1.54. The minimum atomic E-state index is -4.70. The van der Waals surface area contributed by atoms with Crippen molar-refractivity contribution in [2.75, 3.05) is 19.8 Å². The third kappa shape index (κ3) is 2.85. The Labute approximate surface area is 137 Å². The summed E-state index contributed by atoms with van der Waals surface area (Å²) < 4.78 is 46.2. The van der Waals surface area contributed by atoms with E-state index in [-0.39, 0.29) is 23.1 Å². The van der Waals surface area contributed by atoms with Crippen LogP contribution in [0.2, 0.25) is 0 Å². The van der Waals surface area contributed by atoms with Gasteiger partial charge in [-0.1, -0.05) is 12.1 Å². The van der Waals surface area contributed by atoms with Crippen LogP contribution >= 0.6 is 0 Å². The summed E-state index contributed by atoms with van der Waals surface area (Å²) in [5.74, 6) is 0.480. The fourth-order valence-corrected chi connectivity index (χ4v) is 3.59. The van der Waals surface area contributed by atoms with Crippen molar-refractivity contribution in [1.29, 1.82) is 0 Å². The fourth-order valence-electron chi connectivity index (χ4n) is 3.59. The highest BCUT2D eigenvalue weighted by atomic mass is 19.4. The summed E-state index contributed by atoms with van der Waals surface area (Å²) in [7, 11) is 0. The molecule has 1 aromatic rings. The van der Waals surface area contributed by atoms with Crippen LogP contribution in [0.5, 0.6) is 5.75 Å². The van der Waals surface area contributed by atoms with E-state index in [1.54, 1.807) is 12.1 Å². The average molecular weight is 341 g/mol. The summed E-state index contributed by atoms with van der Waals surface area (Å²) in [5, 5.41) is 0. The second-order valence-electron chi connectivity index (χ2n) is 6.79. The molecule has 3 fully saturated rings. The highest BCUT2D eigenvalue weighted by Gasteiger charge is 2.75. The number of fused-ring (bicyclic) bond motifs is 1. The summed E-state index contributed by atoms with van der Waals surface area (Å²) in [6.07, 6.45) is -2.10. The Morgan fingerprint density at radius 3 is 2.46 bits per heavy atom. The number of hydrogen-bond acceptors (Lipinski definition) is 3. The van der Waals surface area contributed by atoms with Crippen molar-refractivity contribution in [3.8, 4) is 5.75 Å². The van der Waals surface area contributed by atoms with E-state index in [2.05, 4.69) is 4.74 Å². The number of hydrogen-bond donors (Lipinski definition) is 0. The summed E-state index contributed by atoms with van der Waals surface area (Å²) >= 11 is 0. The maximum absolute atomic E-state index is 12.8. The number of carbonyl (C=O) groups is 1. The molecule has 2 saturated carbocycles. The number of nitrogens with zero attached hydrogens (tertiary/aromatic N) is 1. The molecular formula is C17H18F3NO3. The molecule has 1 amide bonds. The first-order valence-corrected chi connectivity index (χ1v) is 8.14. The topological polar surface area (TPSA) is 38.8 Å². The fraction of sp³-hybridized carbons (Fsp3) is 0.588. The lowest BCUT2D eigenvalue weighted by Crippen LogP contribution is -2.38.